The molecule has 3 fully saturated rings. The van der Waals surface area contributed by atoms with Crippen LogP contribution in [0.3, 0.4) is 0 Å². The summed E-state index contributed by atoms with van der Waals surface area (Å²) >= 11 is 0. The highest BCUT2D eigenvalue weighted by molar-refractivity contribution is 6.22. The number of hydrogen-bond donors (Lipinski definition) is 0. The SMILES string of the molecule is O=C(COC(=O)c1ccc(N2C(=O)[C@@H]3[C@@H]4C[C@H]([C@H]3C2=O)[C@H](c2ccccc2)C4)cc1)c1ccccc1. The van der Waals surface area contributed by atoms with Crippen molar-refractivity contribution in [1.82, 2.24) is 0 Å². The van der Waals surface area contributed by atoms with Gasteiger partial charge in [0.2, 0.25) is 11.8 Å². The predicted molar refractivity (Wildman–Crippen MR) is 132 cm³/mol. The van der Waals surface area contributed by atoms with Crippen LogP contribution in [0.1, 0.15) is 45.0 Å². The van der Waals surface area contributed by atoms with Crippen molar-refractivity contribution in [1.29, 1.82) is 0 Å². The molecule has 0 aromatic heterocycles. The molecule has 0 radical (unpaired) electrons. The number of ketones is 1. The van der Waals surface area contributed by atoms with Gasteiger partial charge in [-0.25, -0.2) is 4.79 Å². The second kappa shape index (κ2) is 8.86. The fourth-order valence-corrected chi connectivity index (χ4v) is 6.47. The summed E-state index contributed by atoms with van der Waals surface area (Å²) in [5, 5.41) is 0. The number of Topliss-reactive ketones (excluding diaryl/α,β-unsaturated/α-hetero) is 1. The zero-order valence-electron chi connectivity index (χ0n) is 19.6. The van der Waals surface area contributed by atoms with Crippen molar-refractivity contribution in [2.75, 3.05) is 11.5 Å². The Hall–Kier alpha value is -4.06. The van der Waals surface area contributed by atoms with E-state index in [2.05, 4.69) is 12.1 Å². The number of imide groups is 1. The third-order valence-electron chi connectivity index (χ3n) is 8.03. The lowest BCUT2D eigenvalue weighted by Crippen LogP contribution is -2.33. The number of carbonyl (C=O) groups is 4. The molecule has 3 aromatic rings. The van der Waals surface area contributed by atoms with Crippen LogP contribution in [0.2, 0.25) is 0 Å². The van der Waals surface area contributed by atoms with Crippen molar-refractivity contribution < 1.29 is 23.9 Å². The van der Waals surface area contributed by atoms with E-state index in [1.165, 1.54) is 22.6 Å². The Morgan fingerprint density at radius 3 is 2.08 bits per heavy atom. The van der Waals surface area contributed by atoms with Gasteiger partial charge in [-0.05, 0) is 60.4 Å². The minimum absolute atomic E-state index is 0.132. The molecule has 3 aliphatic rings. The molecule has 1 heterocycles. The average Bonchev–Trinajstić information content (AvgIpc) is 3.59. The van der Waals surface area contributed by atoms with Crippen molar-refractivity contribution in [3.63, 3.8) is 0 Å². The summed E-state index contributed by atoms with van der Waals surface area (Å²) in [6.07, 6.45) is 1.86. The summed E-state index contributed by atoms with van der Waals surface area (Å²) < 4.78 is 5.17. The number of ether oxygens (including phenoxy) is 1. The van der Waals surface area contributed by atoms with Crippen LogP contribution in [0.15, 0.2) is 84.9 Å². The van der Waals surface area contributed by atoms with Crippen LogP contribution in [0, 0.1) is 23.7 Å². The number of hydrogen-bond acceptors (Lipinski definition) is 5. The Labute approximate surface area is 208 Å². The van der Waals surface area contributed by atoms with Crippen LogP contribution < -0.4 is 4.90 Å². The van der Waals surface area contributed by atoms with Crippen LogP contribution >= 0.6 is 0 Å². The number of carbonyl (C=O) groups excluding carboxylic acids is 4. The van der Waals surface area contributed by atoms with Crippen LogP contribution in [-0.2, 0) is 14.3 Å². The summed E-state index contributed by atoms with van der Waals surface area (Å²) in [6.45, 7) is -0.359. The quantitative estimate of drug-likeness (QED) is 0.292. The van der Waals surface area contributed by atoms with Gasteiger partial charge in [0.1, 0.15) is 0 Å². The van der Waals surface area contributed by atoms with E-state index in [4.69, 9.17) is 4.74 Å². The van der Waals surface area contributed by atoms with E-state index in [1.807, 2.05) is 18.2 Å². The van der Waals surface area contributed by atoms with Gasteiger partial charge in [0.05, 0.1) is 23.1 Å². The van der Waals surface area contributed by atoms with Gasteiger partial charge < -0.3 is 4.74 Å². The van der Waals surface area contributed by atoms with Gasteiger partial charge in [-0.1, -0.05) is 60.7 Å². The van der Waals surface area contributed by atoms with Gasteiger partial charge in [-0.15, -0.1) is 0 Å². The minimum Gasteiger partial charge on any atom is -0.454 e. The zero-order valence-corrected chi connectivity index (χ0v) is 19.6. The molecule has 180 valence electrons. The van der Waals surface area contributed by atoms with Gasteiger partial charge in [0.15, 0.2) is 12.4 Å². The lowest BCUT2D eigenvalue weighted by molar-refractivity contribution is -0.123. The van der Waals surface area contributed by atoms with E-state index < -0.39 is 5.97 Å². The van der Waals surface area contributed by atoms with E-state index in [1.54, 1.807) is 42.5 Å². The van der Waals surface area contributed by atoms with Crippen LogP contribution in [-0.4, -0.2) is 30.2 Å². The maximum absolute atomic E-state index is 13.5. The molecule has 0 unspecified atom stereocenters. The number of fused-ring (bicyclic) bond motifs is 5. The maximum atomic E-state index is 13.5. The van der Waals surface area contributed by atoms with E-state index >= 15 is 0 Å². The van der Waals surface area contributed by atoms with E-state index in [0.717, 1.165) is 12.8 Å². The maximum Gasteiger partial charge on any atom is 0.338 e. The van der Waals surface area contributed by atoms with Crippen molar-refractivity contribution in [3.8, 4) is 0 Å². The smallest absolute Gasteiger partial charge is 0.338 e. The standard InChI is InChI=1S/C30H25NO5/c32-25(19-9-5-2-6-10-19)17-36-30(35)20-11-13-22(14-12-20)31-28(33)26-21-15-23(18-7-3-1-4-8-18)24(16-21)27(26)29(31)34/h1-14,21,23-24,26-27H,15-17H2/t21-,23-,24-,26+,27+/m0/s1. The number of esters is 1. The second-order valence-corrected chi connectivity index (χ2v) is 9.89. The summed E-state index contributed by atoms with van der Waals surface area (Å²) in [5.41, 5.74) is 2.44. The monoisotopic (exact) mass is 479 g/mol. The van der Waals surface area contributed by atoms with E-state index in [-0.39, 0.29) is 53.4 Å². The van der Waals surface area contributed by atoms with Crippen LogP contribution in [0.4, 0.5) is 5.69 Å². The minimum atomic E-state index is -0.634. The molecule has 1 saturated heterocycles. The predicted octanol–water partition coefficient (Wildman–Crippen LogP) is 4.66. The molecular formula is C30H25NO5. The first kappa shape index (κ1) is 22.4. The molecule has 2 saturated carbocycles. The first-order valence-electron chi connectivity index (χ1n) is 12.3. The van der Waals surface area contributed by atoms with Crippen LogP contribution in [0.5, 0.6) is 0 Å². The fraction of sp³-hybridized carbons (Fsp3) is 0.267. The fourth-order valence-electron chi connectivity index (χ4n) is 6.47. The Kier molecular flexibility index (Phi) is 5.52. The summed E-state index contributed by atoms with van der Waals surface area (Å²) in [4.78, 5) is 52.7. The van der Waals surface area contributed by atoms with Gasteiger partial charge in [0, 0.05) is 5.56 Å². The molecule has 3 aromatic carbocycles. The lowest BCUT2D eigenvalue weighted by Gasteiger charge is -2.28. The molecule has 2 bridgehead atoms. The zero-order chi connectivity index (χ0) is 24.8. The normalized spacial score (nSPS) is 26.2. The average molecular weight is 480 g/mol. The molecule has 6 rings (SSSR count). The number of benzene rings is 3. The Bertz CT molecular complexity index is 1330. The van der Waals surface area contributed by atoms with Gasteiger partial charge in [-0.2, -0.15) is 0 Å². The third-order valence-corrected chi connectivity index (χ3v) is 8.03. The first-order valence-corrected chi connectivity index (χ1v) is 12.3. The topological polar surface area (TPSA) is 80.8 Å². The number of nitrogens with zero attached hydrogens (tertiary/aromatic N) is 1. The molecule has 5 atom stereocenters. The summed E-state index contributed by atoms with van der Waals surface area (Å²) in [6, 6.07) is 25.2. The molecule has 0 N–H and O–H groups in total. The largest absolute Gasteiger partial charge is 0.454 e. The van der Waals surface area contributed by atoms with Crippen LogP contribution in [0.25, 0.3) is 0 Å². The lowest BCUT2D eigenvalue weighted by atomic mass is 9.73. The van der Waals surface area contributed by atoms with E-state index in [9.17, 15) is 19.2 Å². The molecule has 0 spiro atoms. The first-order chi connectivity index (χ1) is 17.5. The van der Waals surface area contributed by atoms with Crippen molar-refractivity contribution in [3.05, 3.63) is 102 Å². The molecule has 6 nitrogen and oxygen atoms in total. The van der Waals surface area contributed by atoms with E-state index in [0.29, 0.717) is 17.2 Å². The molecular weight excluding hydrogens is 454 g/mol. The number of amides is 2. The molecule has 1 aliphatic heterocycles. The summed E-state index contributed by atoms with van der Waals surface area (Å²) in [5.74, 6) is -1.01. The molecule has 36 heavy (non-hydrogen) atoms. The van der Waals surface area contributed by atoms with Crippen molar-refractivity contribution in [2.24, 2.45) is 23.7 Å². The van der Waals surface area contributed by atoms with Gasteiger partial charge in [0.25, 0.3) is 0 Å². The highest BCUT2D eigenvalue weighted by Gasteiger charge is 2.64. The second-order valence-electron chi connectivity index (χ2n) is 9.89. The number of anilines is 1. The van der Waals surface area contributed by atoms with Gasteiger partial charge in [-0.3, -0.25) is 19.3 Å². The Balaban J connectivity index is 1.14. The molecule has 2 amide bonds. The highest BCUT2D eigenvalue weighted by Crippen LogP contribution is 2.61. The van der Waals surface area contributed by atoms with Crippen molar-refractivity contribution in [2.45, 2.75) is 18.8 Å². The highest BCUT2D eigenvalue weighted by atomic mass is 16.5. The van der Waals surface area contributed by atoms with Gasteiger partial charge >= 0.3 is 5.97 Å². The Morgan fingerprint density at radius 2 is 1.39 bits per heavy atom. The van der Waals surface area contributed by atoms with Crippen molar-refractivity contribution >= 4 is 29.3 Å². The molecule has 2 aliphatic carbocycles. The third kappa shape index (κ3) is 3.65. The Morgan fingerprint density at radius 1 is 0.750 bits per heavy atom. The summed E-state index contributed by atoms with van der Waals surface area (Å²) in [7, 11) is 0. The molecule has 6 heteroatoms. The number of rotatable bonds is 6.